The summed E-state index contributed by atoms with van der Waals surface area (Å²) in [6.45, 7) is 4.51. The topological polar surface area (TPSA) is 8.17 Å². The molecule has 0 saturated heterocycles. The third-order valence-electron chi connectivity index (χ3n) is 11.0. The molecule has 0 aliphatic carbocycles. The number of nitrogens with zero attached hydrogens (tertiary/aromatic N) is 2. The van der Waals surface area contributed by atoms with E-state index in [0.29, 0.717) is 0 Å². The third-order valence-corrected chi connectivity index (χ3v) is 11.0. The van der Waals surface area contributed by atoms with Crippen molar-refractivity contribution in [3.63, 3.8) is 0 Å². The Bertz CT molecular complexity index is 2640. The quantitative estimate of drug-likeness (QED) is 0.129. The smallest absolute Gasteiger partial charge is 0.0541 e. The van der Waals surface area contributed by atoms with Gasteiger partial charge in [-0.3, -0.25) is 0 Å². The van der Waals surface area contributed by atoms with Gasteiger partial charge in [0, 0.05) is 33.5 Å². The molecule has 2 heteroatoms. The molecule has 0 N–H and O–H groups in total. The predicted octanol–water partition coefficient (Wildman–Crippen LogP) is 15.2. The first-order valence-electron chi connectivity index (χ1n) is 20.0. The highest BCUT2D eigenvalue weighted by Crippen LogP contribution is 2.38. The Morgan fingerprint density at radius 1 is 0.357 bits per heavy atom. The Morgan fingerprint density at radius 2 is 0.714 bits per heavy atom. The summed E-state index contributed by atoms with van der Waals surface area (Å²) < 4.78 is 2.44. The molecule has 0 unspecified atom stereocenters. The molecule has 8 aromatic carbocycles. The second-order valence-electron chi connectivity index (χ2n) is 14.8. The van der Waals surface area contributed by atoms with Crippen LogP contribution in [0.25, 0.3) is 60.9 Å². The Labute approximate surface area is 331 Å². The van der Waals surface area contributed by atoms with Crippen LogP contribution in [0.5, 0.6) is 0 Å². The van der Waals surface area contributed by atoms with Gasteiger partial charge in [-0.1, -0.05) is 148 Å². The first-order valence-corrected chi connectivity index (χ1v) is 20.0. The molecule has 0 spiro atoms. The maximum Gasteiger partial charge on any atom is 0.0541 e. The third kappa shape index (κ3) is 6.91. The highest BCUT2D eigenvalue weighted by molar-refractivity contribution is 6.09. The fourth-order valence-corrected chi connectivity index (χ4v) is 8.20. The van der Waals surface area contributed by atoms with Gasteiger partial charge >= 0.3 is 0 Å². The van der Waals surface area contributed by atoms with Crippen LogP contribution in [0.4, 0.5) is 17.1 Å². The molecule has 1 heterocycles. The minimum Gasteiger partial charge on any atom is -0.311 e. The van der Waals surface area contributed by atoms with Gasteiger partial charge in [0.15, 0.2) is 0 Å². The lowest BCUT2D eigenvalue weighted by molar-refractivity contribution is 0.923. The number of rotatable bonds is 11. The summed E-state index contributed by atoms with van der Waals surface area (Å²) in [6.07, 6.45) is 4.51. The van der Waals surface area contributed by atoms with Crippen molar-refractivity contribution in [1.82, 2.24) is 4.57 Å². The van der Waals surface area contributed by atoms with Crippen molar-refractivity contribution in [3.8, 4) is 39.1 Å². The van der Waals surface area contributed by atoms with Crippen molar-refractivity contribution >= 4 is 38.9 Å². The average Bonchev–Trinajstić information content (AvgIpc) is 3.58. The molecule has 9 aromatic rings. The van der Waals surface area contributed by atoms with Gasteiger partial charge in [-0.05, 0) is 130 Å². The number of benzene rings is 8. The minimum atomic E-state index is 1.10. The van der Waals surface area contributed by atoms with Crippen molar-refractivity contribution < 1.29 is 0 Å². The molecule has 9 rings (SSSR count). The van der Waals surface area contributed by atoms with E-state index in [0.717, 1.165) is 42.7 Å². The lowest BCUT2D eigenvalue weighted by Crippen LogP contribution is -2.09. The van der Waals surface area contributed by atoms with Crippen LogP contribution in [0.2, 0.25) is 0 Å². The van der Waals surface area contributed by atoms with Crippen LogP contribution >= 0.6 is 0 Å². The van der Waals surface area contributed by atoms with Gasteiger partial charge in [0.1, 0.15) is 0 Å². The number of hydrogen-bond donors (Lipinski definition) is 0. The molecule has 56 heavy (non-hydrogen) atoms. The molecule has 0 aliphatic heterocycles. The fraction of sp³-hybridized carbons (Fsp3) is 0.111. The molecule has 0 aliphatic rings. The van der Waals surface area contributed by atoms with Gasteiger partial charge in [-0.25, -0.2) is 0 Å². The molecule has 0 bridgehead atoms. The lowest BCUT2D eigenvalue weighted by Gasteiger charge is -2.26. The highest BCUT2D eigenvalue weighted by Gasteiger charge is 2.15. The molecular weight excluding hydrogens is 677 g/mol. The lowest BCUT2D eigenvalue weighted by atomic mass is 9.99. The summed E-state index contributed by atoms with van der Waals surface area (Å²) in [7, 11) is 0. The van der Waals surface area contributed by atoms with Crippen LogP contribution in [0, 0.1) is 0 Å². The monoisotopic (exact) mass is 722 g/mol. The number of aromatic nitrogens is 1. The van der Waals surface area contributed by atoms with Gasteiger partial charge in [0.05, 0.1) is 11.0 Å². The van der Waals surface area contributed by atoms with Crippen LogP contribution in [0.3, 0.4) is 0 Å². The van der Waals surface area contributed by atoms with Crippen molar-refractivity contribution in [1.29, 1.82) is 0 Å². The van der Waals surface area contributed by atoms with Gasteiger partial charge in [-0.2, -0.15) is 0 Å². The largest absolute Gasteiger partial charge is 0.311 e. The second-order valence-corrected chi connectivity index (χ2v) is 14.8. The molecular formula is C54H46N2. The summed E-state index contributed by atoms with van der Waals surface area (Å²) in [6, 6.07) is 71.0. The Kier molecular flexibility index (Phi) is 9.78. The number of anilines is 3. The zero-order chi connectivity index (χ0) is 37.8. The van der Waals surface area contributed by atoms with E-state index in [-0.39, 0.29) is 0 Å². The van der Waals surface area contributed by atoms with Gasteiger partial charge in [0.25, 0.3) is 0 Å². The molecule has 2 nitrogen and oxygen atoms in total. The van der Waals surface area contributed by atoms with E-state index in [1.165, 1.54) is 72.0 Å². The number of fused-ring (bicyclic) bond motifs is 3. The van der Waals surface area contributed by atoms with Gasteiger partial charge < -0.3 is 9.47 Å². The fourth-order valence-electron chi connectivity index (χ4n) is 8.20. The van der Waals surface area contributed by atoms with E-state index in [1.54, 1.807) is 0 Å². The van der Waals surface area contributed by atoms with Crippen LogP contribution in [-0.4, -0.2) is 4.57 Å². The highest BCUT2D eigenvalue weighted by atomic mass is 15.1. The Morgan fingerprint density at radius 3 is 1.14 bits per heavy atom. The first-order chi connectivity index (χ1) is 27.7. The number of para-hydroxylation sites is 1. The Balaban J connectivity index is 0.973. The summed E-state index contributed by atoms with van der Waals surface area (Å²) >= 11 is 0. The summed E-state index contributed by atoms with van der Waals surface area (Å²) in [4.78, 5) is 2.32. The van der Waals surface area contributed by atoms with E-state index in [9.17, 15) is 0 Å². The van der Waals surface area contributed by atoms with Crippen molar-refractivity contribution in [2.24, 2.45) is 0 Å². The van der Waals surface area contributed by atoms with Crippen molar-refractivity contribution in [2.45, 2.75) is 39.5 Å². The standard InChI is InChI=1S/C54H46N2/c1-3-11-39-17-35-53-51(37-39)52-38-40(12-4-2)18-36-54(52)56(53)50-33-27-46(28-34-50)43-21-19-42(20-22-43)45-25-31-49(32-26-45)55(47-15-9-6-10-16-47)48-29-23-44(24-30-48)41-13-7-5-8-14-41/h5-10,13-38H,3-4,11-12H2,1-2H3. The van der Waals surface area contributed by atoms with E-state index >= 15 is 0 Å². The predicted molar refractivity (Wildman–Crippen MR) is 240 cm³/mol. The Hall–Kier alpha value is -6.64. The van der Waals surface area contributed by atoms with Crippen molar-refractivity contribution in [3.05, 3.63) is 205 Å². The van der Waals surface area contributed by atoms with Crippen LogP contribution in [0.15, 0.2) is 194 Å². The SMILES string of the molecule is CCCc1ccc2c(c1)c1cc(CCC)ccc1n2-c1ccc(-c2ccc(-c3ccc(N(c4ccccc4)c4ccc(-c5ccccc5)cc4)cc3)cc2)cc1. The van der Waals surface area contributed by atoms with E-state index in [2.05, 4.69) is 217 Å². The normalized spacial score (nSPS) is 11.3. The minimum absolute atomic E-state index is 1.10. The molecule has 1 aromatic heterocycles. The van der Waals surface area contributed by atoms with Gasteiger partial charge in [-0.15, -0.1) is 0 Å². The summed E-state index contributed by atoms with van der Waals surface area (Å²) in [5.41, 5.74) is 17.2. The molecule has 272 valence electrons. The van der Waals surface area contributed by atoms with Crippen molar-refractivity contribution in [2.75, 3.05) is 4.90 Å². The maximum absolute atomic E-state index is 2.44. The maximum atomic E-state index is 2.44. The van der Waals surface area contributed by atoms with E-state index < -0.39 is 0 Å². The molecule has 0 amide bonds. The van der Waals surface area contributed by atoms with Crippen LogP contribution < -0.4 is 4.90 Å². The molecule has 0 fully saturated rings. The average molecular weight is 723 g/mol. The molecule has 0 atom stereocenters. The first kappa shape index (κ1) is 35.1. The van der Waals surface area contributed by atoms with Gasteiger partial charge in [0.2, 0.25) is 0 Å². The zero-order valence-corrected chi connectivity index (χ0v) is 32.2. The van der Waals surface area contributed by atoms with E-state index in [1.807, 2.05) is 0 Å². The number of hydrogen-bond acceptors (Lipinski definition) is 1. The van der Waals surface area contributed by atoms with E-state index in [4.69, 9.17) is 0 Å². The van der Waals surface area contributed by atoms with Crippen LogP contribution in [-0.2, 0) is 12.8 Å². The summed E-state index contributed by atoms with van der Waals surface area (Å²) in [5.74, 6) is 0. The molecule has 0 saturated carbocycles. The zero-order valence-electron chi connectivity index (χ0n) is 32.2. The second kappa shape index (κ2) is 15.6. The van der Waals surface area contributed by atoms with Crippen LogP contribution in [0.1, 0.15) is 37.8 Å². The summed E-state index contributed by atoms with van der Waals surface area (Å²) in [5, 5.41) is 2.70. The molecule has 0 radical (unpaired) electrons. The number of aryl methyl sites for hydroxylation is 2.